The molecule has 1 N–H and O–H groups in total. The fourth-order valence-corrected chi connectivity index (χ4v) is 3.22. The molecule has 0 heterocycles. The molecule has 0 radical (unpaired) electrons. The number of nitriles is 2. The number of benzene rings is 3. The quantitative estimate of drug-likeness (QED) is 0.655. The van der Waals surface area contributed by atoms with E-state index in [1.165, 1.54) is 0 Å². The SMILES string of the molecule is N#CC(CC(C#N)c1ccccc1)NC(c1ccccc1)c1ccccc1. The van der Waals surface area contributed by atoms with Crippen molar-refractivity contribution >= 4 is 0 Å². The van der Waals surface area contributed by atoms with Crippen LogP contribution in [0.5, 0.6) is 0 Å². The molecule has 0 aliphatic carbocycles. The van der Waals surface area contributed by atoms with Crippen LogP contribution in [0.1, 0.15) is 35.1 Å². The second-order valence-electron chi connectivity index (χ2n) is 6.43. The minimum atomic E-state index is -0.444. The van der Waals surface area contributed by atoms with Crippen molar-refractivity contribution in [1.29, 1.82) is 10.5 Å². The Kier molecular flexibility index (Phi) is 6.36. The molecule has 0 aliphatic heterocycles. The van der Waals surface area contributed by atoms with E-state index in [9.17, 15) is 10.5 Å². The third kappa shape index (κ3) is 4.82. The maximum Gasteiger partial charge on any atom is 0.0976 e. The van der Waals surface area contributed by atoms with Gasteiger partial charge in [-0.2, -0.15) is 10.5 Å². The summed E-state index contributed by atoms with van der Waals surface area (Å²) in [5, 5.41) is 22.8. The van der Waals surface area contributed by atoms with Crippen molar-refractivity contribution in [2.75, 3.05) is 0 Å². The van der Waals surface area contributed by atoms with Gasteiger partial charge in [0.15, 0.2) is 0 Å². The first-order valence-corrected chi connectivity index (χ1v) is 9.02. The largest absolute Gasteiger partial charge is 0.291 e. The highest BCUT2D eigenvalue weighted by atomic mass is 15.0. The van der Waals surface area contributed by atoms with Crippen LogP contribution in [0.4, 0.5) is 0 Å². The molecule has 3 heteroatoms. The number of nitrogens with one attached hydrogen (secondary N) is 1. The Labute approximate surface area is 160 Å². The van der Waals surface area contributed by atoms with Crippen molar-refractivity contribution < 1.29 is 0 Å². The van der Waals surface area contributed by atoms with Gasteiger partial charge in [-0.1, -0.05) is 91.0 Å². The van der Waals surface area contributed by atoms with Crippen LogP contribution in [0.25, 0.3) is 0 Å². The van der Waals surface area contributed by atoms with Crippen molar-refractivity contribution in [1.82, 2.24) is 5.32 Å². The number of nitrogens with zero attached hydrogens (tertiary/aromatic N) is 2. The molecule has 27 heavy (non-hydrogen) atoms. The molecule has 2 atom stereocenters. The molecule has 0 aliphatic rings. The zero-order valence-electron chi connectivity index (χ0n) is 15.0. The van der Waals surface area contributed by atoms with Crippen LogP contribution in [0.2, 0.25) is 0 Å². The van der Waals surface area contributed by atoms with Gasteiger partial charge < -0.3 is 0 Å². The van der Waals surface area contributed by atoms with Gasteiger partial charge in [0.1, 0.15) is 0 Å². The Morgan fingerprint density at radius 2 is 1.07 bits per heavy atom. The summed E-state index contributed by atoms with van der Waals surface area (Å²) in [6.07, 6.45) is 0.438. The van der Waals surface area contributed by atoms with Crippen LogP contribution in [-0.4, -0.2) is 6.04 Å². The van der Waals surface area contributed by atoms with E-state index in [0.717, 1.165) is 16.7 Å². The highest BCUT2D eigenvalue weighted by Gasteiger charge is 2.22. The predicted molar refractivity (Wildman–Crippen MR) is 107 cm³/mol. The summed E-state index contributed by atoms with van der Waals surface area (Å²) in [6.45, 7) is 0. The van der Waals surface area contributed by atoms with E-state index < -0.39 is 6.04 Å². The lowest BCUT2D eigenvalue weighted by molar-refractivity contribution is 0.501. The number of hydrogen-bond donors (Lipinski definition) is 1. The van der Waals surface area contributed by atoms with Crippen molar-refractivity contribution in [2.45, 2.75) is 24.4 Å². The van der Waals surface area contributed by atoms with Crippen molar-refractivity contribution in [3.63, 3.8) is 0 Å². The minimum Gasteiger partial charge on any atom is -0.291 e. The second-order valence-corrected chi connectivity index (χ2v) is 6.43. The van der Waals surface area contributed by atoms with Gasteiger partial charge in [-0.3, -0.25) is 5.32 Å². The molecular weight excluding hydrogens is 330 g/mol. The van der Waals surface area contributed by atoms with Gasteiger partial charge >= 0.3 is 0 Å². The molecule has 0 amide bonds. The topological polar surface area (TPSA) is 59.6 Å². The van der Waals surface area contributed by atoms with Crippen LogP contribution >= 0.6 is 0 Å². The third-order valence-corrected chi connectivity index (χ3v) is 4.62. The molecule has 0 saturated carbocycles. The normalized spacial score (nSPS) is 12.7. The summed E-state index contributed by atoms with van der Waals surface area (Å²) in [5.41, 5.74) is 3.13. The second kappa shape index (κ2) is 9.34. The summed E-state index contributed by atoms with van der Waals surface area (Å²) < 4.78 is 0. The lowest BCUT2D eigenvalue weighted by Gasteiger charge is -2.24. The molecule has 132 valence electrons. The highest BCUT2D eigenvalue weighted by Crippen LogP contribution is 2.25. The monoisotopic (exact) mass is 351 g/mol. The Bertz CT molecular complexity index is 869. The van der Waals surface area contributed by atoms with E-state index in [0.29, 0.717) is 6.42 Å². The Hall–Kier alpha value is -3.40. The van der Waals surface area contributed by atoms with Gasteiger partial charge in [-0.05, 0) is 23.1 Å². The van der Waals surface area contributed by atoms with E-state index in [1.54, 1.807) is 0 Å². The minimum absolute atomic E-state index is 0.104. The lowest BCUT2D eigenvalue weighted by Crippen LogP contribution is -2.33. The summed E-state index contributed by atoms with van der Waals surface area (Å²) in [5.74, 6) is -0.324. The number of rotatable bonds is 7. The van der Waals surface area contributed by atoms with Gasteiger partial charge in [0.25, 0.3) is 0 Å². The summed E-state index contributed by atoms with van der Waals surface area (Å²) in [7, 11) is 0. The molecule has 0 aromatic heterocycles. The van der Waals surface area contributed by atoms with Gasteiger partial charge in [-0.15, -0.1) is 0 Å². The lowest BCUT2D eigenvalue weighted by atomic mass is 9.92. The smallest absolute Gasteiger partial charge is 0.0976 e. The molecule has 0 fully saturated rings. The first kappa shape index (κ1) is 18.4. The van der Waals surface area contributed by atoms with Gasteiger partial charge in [0.05, 0.1) is 30.1 Å². The highest BCUT2D eigenvalue weighted by molar-refractivity contribution is 5.32. The van der Waals surface area contributed by atoms with Gasteiger partial charge in [0.2, 0.25) is 0 Å². The maximum atomic E-state index is 9.74. The molecule has 3 rings (SSSR count). The van der Waals surface area contributed by atoms with Gasteiger partial charge in [0, 0.05) is 0 Å². The fraction of sp³-hybridized carbons (Fsp3) is 0.167. The molecule has 0 bridgehead atoms. The average Bonchev–Trinajstić information content (AvgIpc) is 2.76. The zero-order valence-corrected chi connectivity index (χ0v) is 15.0. The van der Waals surface area contributed by atoms with E-state index in [-0.39, 0.29) is 12.0 Å². The van der Waals surface area contributed by atoms with E-state index >= 15 is 0 Å². The van der Waals surface area contributed by atoms with E-state index in [2.05, 4.69) is 41.7 Å². The molecule has 3 nitrogen and oxygen atoms in total. The van der Waals surface area contributed by atoms with Crippen LogP contribution < -0.4 is 5.32 Å². The molecule has 0 saturated heterocycles. The Morgan fingerprint density at radius 3 is 1.48 bits per heavy atom. The summed E-state index contributed by atoms with van der Waals surface area (Å²) in [6, 6.07) is 34.0. The standard InChI is InChI=1S/C24H21N3/c25-17-22(19-10-4-1-5-11-19)16-23(18-26)27-24(20-12-6-2-7-13-20)21-14-8-3-9-15-21/h1-15,22-24,27H,16H2. The Balaban J connectivity index is 1.83. The number of hydrogen-bond acceptors (Lipinski definition) is 3. The van der Waals surface area contributed by atoms with Crippen LogP contribution in [0.15, 0.2) is 91.0 Å². The molecule has 0 spiro atoms. The fourth-order valence-electron chi connectivity index (χ4n) is 3.22. The first-order chi connectivity index (χ1) is 13.3. The average molecular weight is 351 g/mol. The molecule has 3 aromatic rings. The first-order valence-electron chi connectivity index (χ1n) is 9.02. The van der Waals surface area contributed by atoms with Crippen molar-refractivity contribution in [3.8, 4) is 12.1 Å². The maximum absolute atomic E-state index is 9.74. The van der Waals surface area contributed by atoms with E-state index in [1.807, 2.05) is 66.7 Å². The predicted octanol–water partition coefficient (Wildman–Crippen LogP) is 4.96. The third-order valence-electron chi connectivity index (χ3n) is 4.62. The Morgan fingerprint density at radius 1 is 0.630 bits per heavy atom. The molecule has 3 aromatic carbocycles. The van der Waals surface area contributed by atoms with Crippen molar-refractivity contribution in [3.05, 3.63) is 108 Å². The summed E-state index contributed by atoms with van der Waals surface area (Å²) in [4.78, 5) is 0. The van der Waals surface area contributed by atoms with Crippen molar-refractivity contribution in [2.24, 2.45) is 0 Å². The van der Waals surface area contributed by atoms with Crippen LogP contribution in [0, 0.1) is 22.7 Å². The molecular formula is C24H21N3. The van der Waals surface area contributed by atoms with Gasteiger partial charge in [-0.25, -0.2) is 0 Å². The van der Waals surface area contributed by atoms with Crippen LogP contribution in [-0.2, 0) is 0 Å². The zero-order chi connectivity index (χ0) is 18.9. The van der Waals surface area contributed by atoms with E-state index in [4.69, 9.17) is 0 Å². The molecule has 2 unspecified atom stereocenters. The van der Waals surface area contributed by atoms with Crippen LogP contribution in [0.3, 0.4) is 0 Å². The summed E-state index contributed by atoms with van der Waals surface area (Å²) >= 11 is 0.